The monoisotopic (exact) mass is 230 g/mol. The Hall–Kier alpha value is -0.340. The molecule has 78 valence electrons. The Morgan fingerprint density at radius 2 is 1.93 bits per heavy atom. The first kappa shape index (κ1) is 11.7. The number of benzene rings is 1. The van der Waals surface area contributed by atoms with Gasteiger partial charge >= 0.3 is 0 Å². The number of aromatic hydroxyl groups is 1. The number of thiol groups is 1. The maximum Gasteiger partial charge on any atom is 0.138 e. The minimum atomic E-state index is 0.0367. The maximum atomic E-state index is 9.61. The van der Waals surface area contributed by atoms with Crippen molar-refractivity contribution in [2.24, 2.45) is 0 Å². The standard InChI is InChI=1S/C11H15ClOS/c1-11(2,3)8-4-7(6-14)10(13)9(12)5-8/h4-5,13-14H,6H2,1-3H3. The van der Waals surface area contributed by atoms with Crippen LogP contribution in [0.4, 0.5) is 0 Å². The van der Waals surface area contributed by atoms with E-state index in [9.17, 15) is 5.11 Å². The van der Waals surface area contributed by atoms with Gasteiger partial charge < -0.3 is 5.11 Å². The summed E-state index contributed by atoms with van der Waals surface area (Å²) < 4.78 is 0. The highest BCUT2D eigenvalue weighted by atomic mass is 35.5. The van der Waals surface area contributed by atoms with E-state index < -0.39 is 0 Å². The molecule has 0 bridgehead atoms. The van der Waals surface area contributed by atoms with Crippen LogP contribution >= 0.6 is 24.2 Å². The van der Waals surface area contributed by atoms with Gasteiger partial charge in [0.15, 0.2) is 0 Å². The SMILES string of the molecule is CC(C)(C)c1cc(Cl)c(O)c(CS)c1. The van der Waals surface area contributed by atoms with Crippen LogP contribution < -0.4 is 0 Å². The zero-order chi connectivity index (χ0) is 10.9. The third-order valence-electron chi connectivity index (χ3n) is 2.18. The third-order valence-corrected chi connectivity index (χ3v) is 2.81. The van der Waals surface area contributed by atoms with E-state index in [2.05, 4.69) is 33.4 Å². The van der Waals surface area contributed by atoms with E-state index in [-0.39, 0.29) is 11.2 Å². The van der Waals surface area contributed by atoms with E-state index in [1.807, 2.05) is 12.1 Å². The third kappa shape index (κ3) is 2.37. The predicted octanol–water partition coefficient (Wildman–Crippen LogP) is 3.77. The number of phenols is 1. The first-order valence-corrected chi connectivity index (χ1v) is 5.50. The normalized spacial score (nSPS) is 11.8. The first-order valence-electron chi connectivity index (χ1n) is 4.49. The van der Waals surface area contributed by atoms with Gasteiger partial charge in [0.25, 0.3) is 0 Å². The van der Waals surface area contributed by atoms with Gasteiger partial charge in [0, 0.05) is 11.3 Å². The molecule has 1 aromatic rings. The van der Waals surface area contributed by atoms with Crippen LogP contribution in [-0.4, -0.2) is 5.11 Å². The molecular weight excluding hydrogens is 216 g/mol. The Kier molecular flexibility index (Phi) is 3.38. The minimum Gasteiger partial charge on any atom is -0.506 e. The summed E-state index contributed by atoms with van der Waals surface area (Å²) in [7, 11) is 0. The number of rotatable bonds is 1. The molecule has 3 heteroatoms. The molecule has 1 rings (SSSR count). The van der Waals surface area contributed by atoms with Crippen LogP contribution in [0, 0.1) is 0 Å². The number of phenolic OH excluding ortho intramolecular Hbond substituents is 1. The highest BCUT2D eigenvalue weighted by Gasteiger charge is 2.17. The van der Waals surface area contributed by atoms with Gasteiger partial charge in [0.2, 0.25) is 0 Å². The van der Waals surface area contributed by atoms with Crippen LogP contribution in [0.2, 0.25) is 5.02 Å². The summed E-state index contributed by atoms with van der Waals surface area (Å²) >= 11 is 10.1. The molecule has 0 aromatic heterocycles. The molecule has 0 aliphatic rings. The van der Waals surface area contributed by atoms with Crippen molar-refractivity contribution in [1.29, 1.82) is 0 Å². The fraction of sp³-hybridized carbons (Fsp3) is 0.455. The van der Waals surface area contributed by atoms with Crippen LogP contribution in [0.3, 0.4) is 0 Å². The van der Waals surface area contributed by atoms with Crippen molar-refractivity contribution in [3.8, 4) is 5.75 Å². The summed E-state index contributed by atoms with van der Waals surface area (Å²) in [5, 5.41) is 10.0. The van der Waals surface area contributed by atoms with Crippen LogP contribution in [0.25, 0.3) is 0 Å². The van der Waals surface area contributed by atoms with Gasteiger partial charge in [0.05, 0.1) is 5.02 Å². The van der Waals surface area contributed by atoms with E-state index in [1.165, 1.54) is 0 Å². The molecule has 0 saturated carbocycles. The molecule has 1 N–H and O–H groups in total. The van der Waals surface area contributed by atoms with E-state index in [1.54, 1.807) is 0 Å². The Labute approximate surface area is 95.5 Å². The molecule has 14 heavy (non-hydrogen) atoms. The van der Waals surface area contributed by atoms with Gasteiger partial charge in [-0.2, -0.15) is 12.6 Å². The van der Waals surface area contributed by atoms with Crippen molar-refractivity contribution in [3.05, 3.63) is 28.3 Å². The highest BCUT2D eigenvalue weighted by molar-refractivity contribution is 7.79. The average molecular weight is 231 g/mol. The summed E-state index contributed by atoms with van der Waals surface area (Å²) in [5.41, 5.74) is 1.93. The molecule has 0 unspecified atom stereocenters. The summed E-state index contributed by atoms with van der Waals surface area (Å²) in [6, 6.07) is 3.76. The largest absolute Gasteiger partial charge is 0.506 e. The predicted molar refractivity (Wildman–Crippen MR) is 64.5 cm³/mol. The van der Waals surface area contributed by atoms with Crippen molar-refractivity contribution < 1.29 is 5.11 Å². The fourth-order valence-corrected chi connectivity index (χ4v) is 1.69. The summed E-state index contributed by atoms with van der Waals surface area (Å²) in [4.78, 5) is 0. The molecule has 0 heterocycles. The highest BCUT2D eigenvalue weighted by Crippen LogP contribution is 2.34. The Balaban J connectivity index is 3.30. The smallest absolute Gasteiger partial charge is 0.138 e. The number of hydrogen-bond acceptors (Lipinski definition) is 2. The summed E-state index contributed by atoms with van der Waals surface area (Å²) in [6.07, 6.45) is 0. The molecular formula is C11H15ClOS. The molecule has 0 spiro atoms. The molecule has 0 amide bonds. The van der Waals surface area contributed by atoms with E-state index in [0.717, 1.165) is 11.1 Å². The van der Waals surface area contributed by atoms with Gasteiger partial charge in [-0.25, -0.2) is 0 Å². The van der Waals surface area contributed by atoms with Crippen molar-refractivity contribution in [1.82, 2.24) is 0 Å². The lowest BCUT2D eigenvalue weighted by Gasteiger charge is -2.20. The molecule has 1 aromatic carbocycles. The molecule has 0 radical (unpaired) electrons. The summed E-state index contributed by atoms with van der Waals surface area (Å²) in [6.45, 7) is 6.33. The van der Waals surface area contributed by atoms with Crippen LogP contribution in [-0.2, 0) is 11.2 Å². The lowest BCUT2D eigenvalue weighted by atomic mass is 9.86. The lowest BCUT2D eigenvalue weighted by Crippen LogP contribution is -2.11. The number of hydrogen-bond donors (Lipinski definition) is 2. The molecule has 0 aliphatic carbocycles. The molecule has 0 saturated heterocycles. The Bertz CT molecular complexity index is 342. The van der Waals surface area contributed by atoms with E-state index in [0.29, 0.717) is 10.8 Å². The van der Waals surface area contributed by atoms with Crippen molar-refractivity contribution >= 4 is 24.2 Å². The van der Waals surface area contributed by atoms with Gasteiger partial charge in [-0.15, -0.1) is 0 Å². The Morgan fingerprint density at radius 3 is 2.36 bits per heavy atom. The van der Waals surface area contributed by atoms with Gasteiger partial charge in [-0.05, 0) is 17.0 Å². The Morgan fingerprint density at radius 1 is 1.36 bits per heavy atom. The fourth-order valence-electron chi connectivity index (χ4n) is 1.21. The molecule has 1 nitrogen and oxygen atoms in total. The van der Waals surface area contributed by atoms with Gasteiger partial charge in [-0.3, -0.25) is 0 Å². The van der Waals surface area contributed by atoms with E-state index >= 15 is 0 Å². The summed E-state index contributed by atoms with van der Waals surface area (Å²) in [5.74, 6) is 0.643. The van der Waals surface area contributed by atoms with Gasteiger partial charge in [-0.1, -0.05) is 38.4 Å². The minimum absolute atomic E-state index is 0.0367. The van der Waals surface area contributed by atoms with Gasteiger partial charge in [0.1, 0.15) is 5.75 Å². The van der Waals surface area contributed by atoms with Crippen LogP contribution in [0.15, 0.2) is 12.1 Å². The zero-order valence-corrected chi connectivity index (χ0v) is 10.3. The zero-order valence-electron chi connectivity index (χ0n) is 8.63. The van der Waals surface area contributed by atoms with Crippen molar-refractivity contribution in [2.45, 2.75) is 31.9 Å². The van der Waals surface area contributed by atoms with Crippen molar-refractivity contribution in [2.75, 3.05) is 0 Å². The molecule has 0 aliphatic heterocycles. The number of halogens is 1. The second-order valence-corrected chi connectivity index (χ2v) is 5.10. The molecule has 0 fully saturated rings. The molecule has 0 atom stereocenters. The first-order chi connectivity index (χ1) is 6.36. The van der Waals surface area contributed by atoms with Crippen LogP contribution in [0.5, 0.6) is 5.75 Å². The maximum absolute atomic E-state index is 9.61. The van der Waals surface area contributed by atoms with Crippen LogP contribution in [0.1, 0.15) is 31.9 Å². The lowest BCUT2D eigenvalue weighted by molar-refractivity contribution is 0.469. The average Bonchev–Trinajstić information content (AvgIpc) is 2.07. The second kappa shape index (κ2) is 4.03. The topological polar surface area (TPSA) is 20.2 Å². The quantitative estimate of drug-likeness (QED) is 0.704. The van der Waals surface area contributed by atoms with Crippen molar-refractivity contribution in [3.63, 3.8) is 0 Å². The second-order valence-electron chi connectivity index (χ2n) is 4.37. The van der Waals surface area contributed by atoms with E-state index in [4.69, 9.17) is 11.6 Å².